The topological polar surface area (TPSA) is 54.2 Å². The van der Waals surface area contributed by atoms with E-state index in [9.17, 15) is 0 Å². The Kier molecular flexibility index (Phi) is 5.13. The Bertz CT molecular complexity index is 347. The SMILES string of the molecule is CCCN(Cc1nc(CC)no1)C1CCCNC1. The third kappa shape index (κ3) is 3.53. The first-order valence-corrected chi connectivity index (χ1v) is 7.09. The van der Waals surface area contributed by atoms with E-state index in [-0.39, 0.29) is 0 Å². The highest BCUT2D eigenvalue weighted by atomic mass is 16.5. The molecule has 5 heteroatoms. The van der Waals surface area contributed by atoms with E-state index in [2.05, 4.69) is 27.3 Å². The molecule has 0 amide bonds. The maximum absolute atomic E-state index is 5.30. The third-order valence-corrected chi connectivity index (χ3v) is 3.46. The molecule has 1 saturated heterocycles. The Morgan fingerprint density at radius 2 is 2.33 bits per heavy atom. The van der Waals surface area contributed by atoms with Crippen LogP contribution in [0.1, 0.15) is 44.8 Å². The minimum Gasteiger partial charge on any atom is -0.338 e. The monoisotopic (exact) mass is 252 g/mol. The summed E-state index contributed by atoms with van der Waals surface area (Å²) in [7, 11) is 0. The van der Waals surface area contributed by atoms with E-state index in [1.165, 1.54) is 12.8 Å². The Hall–Kier alpha value is -0.940. The van der Waals surface area contributed by atoms with Crippen molar-refractivity contribution in [1.82, 2.24) is 20.4 Å². The summed E-state index contributed by atoms with van der Waals surface area (Å²) in [6.45, 7) is 8.37. The Balaban J connectivity index is 1.95. The van der Waals surface area contributed by atoms with Gasteiger partial charge in [0.1, 0.15) is 0 Å². The molecule has 1 N–H and O–H groups in total. The van der Waals surface area contributed by atoms with Crippen LogP contribution in [0.3, 0.4) is 0 Å². The highest BCUT2D eigenvalue weighted by Gasteiger charge is 2.22. The maximum Gasteiger partial charge on any atom is 0.240 e. The van der Waals surface area contributed by atoms with Gasteiger partial charge in [-0.1, -0.05) is 19.0 Å². The van der Waals surface area contributed by atoms with Crippen LogP contribution in [0, 0.1) is 0 Å². The summed E-state index contributed by atoms with van der Waals surface area (Å²) in [5.41, 5.74) is 0. The van der Waals surface area contributed by atoms with Gasteiger partial charge in [-0.15, -0.1) is 0 Å². The molecule has 1 fully saturated rings. The lowest BCUT2D eigenvalue weighted by molar-refractivity contribution is 0.140. The lowest BCUT2D eigenvalue weighted by atomic mass is 10.1. The normalized spacial score (nSPS) is 20.5. The van der Waals surface area contributed by atoms with E-state index < -0.39 is 0 Å². The predicted octanol–water partition coefficient (Wildman–Crippen LogP) is 1.60. The minimum absolute atomic E-state index is 0.607. The molecule has 2 rings (SSSR count). The van der Waals surface area contributed by atoms with Gasteiger partial charge in [0.15, 0.2) is 5.82 Å². The first kappa shape index (κ1) is 13.5. The molecule has 1 aromatic heterocycles. The highest BCUT2D eigenvalue weighted by molar-refractivity contribution is 4.88. The second-order valence-electron chi connectivity index (χ2n) is 4.93. The average molecular weight is 252 g/mol. The summed E-state index contributed by atoms with van der Waals surface area (Å²) in [6.07, 6.45) is 4.52. The lowest BCUT2D eigenvalue weighted by Gasteiger charge is -2.33. The zero-order valence-corrected chi connectivity index (χ0v) is 11.5. The van der Waals surface area contributed by atoms with Crippen molar-refractivity contribution in [3.8, 4) is 0 Å². The second kappa shape index (κ2) is 6.85. The van der Waals surface area contributed by atoms with E-state index in [0.29, 0.717) is 6.04 Å². The number of aromatic nitrogens is 2. The van der Waals surface area contributed by atoms with Crippen LogP contribution in [0.4, 0.5) is 0 Å². The molecule has 0 spiro atoms. The van der Waals surface area contributed by atoms with E-state index >= 15 is 0 Å². The molecule has 0 radical (unpaired) electrons. The van der Waals surface area contributed by atoms with Crippen molar-refractivity contribution in [2.75, 3.05) is 19.6 Å². The molecule has 1 unspecified atom stereocenters. The number of nitrogens with zero attached hydrogens (tertiary/aromatic N) is 3. The number of piperidine rings is 1. The molecule has 0 saturated carbocycles. The largest absolute Gasteiger partial charge is 0.338 e. The zero-order valence-electron chi connectivity index (χ0n) is 11.5. The maximum atomic E-state index is 5.30. The second-order valence-corrected chi connectivity index (χ2v) is 4.93. The van der Waals surface area contributed by atoms with Gasteiger partial charge in [0.2, 0.25) is 5.89 Å². The van der Waals surface area contributed by atoms with Crippen molar-refractivity contribution >= 4 is 0 Å². The molecule has 2 heterocycles. The van der Waals surface area contributed by atoms with Gasteiger partial charge in [0.05, 0.1) is 6.54 Å². The zero-order chi connectivity index (χ0) is 12.8. The molecule has 1 atom stereocenters. The molecular formula is C13H24N4O. The Labute approximate surface area is 109 Å². The standard InChI is InChI=1S/C13H24N4O/c1-3-8-17(11-6-5-7-14-9-11)10-13-15-12(4-2)16-18-13/h11,14H,3-10H2,1-2H3. The summed E-state index contributed by atoms with van der Waals surface area (Å²) < 4.78 is 5.30. The lowest BCUT2D eigenvalue weighted by Crippen LogP contribution is -2.45. The van der Waals surface area contributed by atoms with Gasteiger partial charge in [-0.25, -0.2) is 0 Å². The van der Waals surface area contributed by atoms with Gasteiger partial charge in [-0.3, -0.25) is 4.90 Å². The molecule has 0 aliphatic carbocycles. The molecule has 1 aliphatic rings. The van der Waals surface area contributed by atoms with Crippen LogP contribution in [0.15, 0.2) is 4.52 Å². The van der Waals surface area contributed by atoms with E-state index in [4.69, 9.17) is 4.52 Å². The number of hydrogen-bond acceptors (Lipinski definition) is 5. The smallest absolute Gasteiger partial charge is 0.240 e. The van der Waals surface area contributed by atoms with Gasteiger partial charge >= 0.3 is 0 Å². The minimum atomic E-state index is 0.607. The van der Waals surface area contributed by atoms with Gasteiger partial charge < -0.3 is 9.84 Å². The number of aryl methyl sites for hydroxylation is 1. The summed E-state index contributed by atoms with van der Waals surface area (Å²) in [6, 6.07) is 0.607. The van der Waals surface area contributed by atoms with Crippen molar-refractivity contribution in [2.24, 2.45) is 0 Å². The molecule has 18 heavy (non-hydrogen) atoms. The van der Waals surface area contributed by atoms with E-state index in [1.807, 2.05) is 6.92 Å². The Morgan fingerprint density at radius 3 is 2.94 bits per heavy atom. The number of nitrogens with one attached hydrogen (secondary N) is 1. The fourth-order valence-electron chi connectivity index (χ4n) is 2.49. The van der Waals surface area contributed by atoms with Crippen molar-refractivity contribution in [3.63, 3.8) is 0 Å². The van der Waals surface area contributed by atoms with Crippen LogP contribution in [-0.2, 0) is 13.0 Å². The molecule has 5 nitrogen and oxygen atoms in total. The fourth-order valence-corrected chi connectivity index (χ4v) is 2.49. The molecule has 1 aromatic rings. The summed E-state index contributed by atoms with van der Waals surface area (Å²) in [5, 5.41) is 7.43. The number of hydrogen-bond donors (Lipinski definition) is 1. The first-order chi connectivity index (χ1) is 8.83. The predicted molar refractivity (Wildman–Crippen MR) is 70.3 cm³/mol. The van der Waals surface area contributed by atoms with E-state index in [0.717, 1.165) is 50.7 Å². The molecule has 0 bridgehead atoms. The summed E-state index contributed by atoms with van der Waals surface area (Å²) in [4.78, 5) is 6.88. The quantitative estimate of drug-likeness (QED) is 0.833. The van der Waals surface area contributed by atoms with Crippen LogP contribution in [-0.4, -0.2) is 40.7 Å². The summed E-state index contributed by atoms with van der Waals surface area (Å²) >= 11 is 0. The average Bonchev–Trinajstić information content (AvgIpc) is 2.87. The molecular weight excluding hydrogens is 228 g/mol. The van der Waals surface area contributed by atoms with Crippen LogP contribution in [0.25, 0.3) is 0 Å². The highest BCUT2D eigenvalue weighted by Crippen LogP contribution is 2.14. The third-order valence-electron chi connectivity index (χ3n) is 3.46. The van der Waals surface area contributed by atoms with Crippen molar-refractivity contribution in [2.45, 2.75) is 52.1 Å². The Morgan fingerprint density at radius 1 is 1.44 bits per heavy atom. The first-order valence-electron chi connectivity index (χ1n) is 7.09. The van der Waals surface area contributed by atoms with Crippen LogP contribution < -0.4 is 5.32 Å². The van der Waals surface area contributed by atoms with Crippen molar-refractivity contribution in [1.29, 1.82) is 0 Å². The van der Waals surface area contributed by atoms with Gasteiger partial charge in [-0.2, -0.15) is 4.98 Å². The molecule has 102 valence electrons. The van der Waals surface area contributed by atoms with Gasteiger partial charge in [-0.05, 0) is 32.4 Å². The fraction of sp³-hybridized carbons (Fsp3) is 0.846. The molecule has 0 aromatic carbocycles. The summed E-state index contributed by atoms with van der Waals surface area (Å²) in [5.74, 6) is 1.56. The number of rotatable bonds is 6. The van der Waals surface area contributed by atoms with Gasteiger partial charge in [0.25, 0.3) is 0 Å². The van der Waals surface area contributed by atoms with Crippen molar-refractivity contribution < 1.29 is 4.52 Å². The molecule has 1 aliphatic heterocycles. The van der Waals surface area contributed by atoms with Crippen LogP contribution in [0.5, 0.6) is 0 Å². The van der Waals surface area contributed by atoms with E-state index in [1.54, 1.807) is 0 Å². The van der Waals surface area contributed by atoms with Crippen LogP contribution in [0.2, 0.25) is 0 Å². The van der Waals surface area contributed by atoms with Crippen molar-refractivity contribution in [3.05, 3.63) is 11.7 Å². The van der Waals surface area contributed by atoms with Crippen LogP contribution >= 0.6 is 0 Å². The van der Waals surface area contributed by atoms with Gasteiger partial charge in [0, 0.05) is 19.0 Å².